The molecule has 3 atom stereocenters. The highest BCUT2D eigenvalue weighted by molar-refractivity contribution is 6.58. The predicted octanol–water partition coefficient (Wildman–Crippen LogP) is 0.102. The van der Waals surface area contributed by atoms with E-state index in [4.69, 9.17) is 15.8 Å². The van der Waals surface area contributed by atoms with Gasteiger partial charge in [0.15, 0.2) is 0 Å². The molecule has 116 valence electrons. The molecule has 0 radical (unpaired) electrons. The number of benzene rings is 1. The molecule has 0 heterocycles. The summed E-state index contributed by atoms with van der Waals surface area (Å²) in [6.45, 7) is 4.05. The van der Waals surface area contributed by atoms with Crippen molar-refractivity contribution in [1.29, 1.82) is 0 Å². The molecule has 0 saturated heterocycles. The standard InChI is InChI=1S/C15H25BN2O3/c1-3-12(9-15(17)8-11(2)18-10-19)13-4-6-14(7-5-13)16(20)21/h4-7,10-12,15,20-21H,3,8-9,17H2,1-2H3,(H,18,19). The summed E-state index contributed by atoms with van der Waals surface area (Å²) in [5, 5.41) is 20.9. The zero-order chi connectivity index (χ0) is 15.8. The van der Waals surface area contributed by atoms with E-state index < -0.39 is 7.12 Å². The second kappa shape index (κ2) is 8.82. The van der Waals surface area contributed by atoms with Gasteiger partial charge in [-0.05, 0) is 43.1 Å². The van der Waals surface area contributed by atoms with E-state index in [1.54, 1.807) is 12.1 Å². The summed E-state index contributed by atoms with van der Waals surface area (Å²) >= 11 is 0. The summed E-state index contributed by atoms with van der Waals surface area (Å²) < 4.78 is 0. The van der Waals surface area contributed by atoms with Crippen LogP contribution in [0.25, 0.3) is 0 Å². The van der Waals surface area contributed by atoms with Crippen molar-refractivity contribution in [3.8, 4) is 0 Å². The number of nitrogens with two attached hydrogens (primary N) is 1. The van der Waals surface area contributed by atoms with Crippen molar-refractivity contribution in [2.45, 2.75) is 51.1 Å². The van der Waals surface area contributed by atoms with Gasteiger partial charge in [0.2, 0.25) is 6.41 Å². The molecule has 0 fully saturated rings. The number of hydrogen-bond donors (Lipinski definition) is 4. The van der Waals surface area contributed by atoms with Gasteiger partial charge in [0.1, 0.15) is 0 Å². The van der Waals surface area contributed by atoms with Gasteiger partial charge in [0, 0.05) is 12.1 Å². The maximum Gasteiger partial charge on any atom is 0.488 e. The Bertz CT molecular complexity index is 425. The molecule has 21 heavy (non-hydrogen) atoms. The largest absolute Gasteiger partial charge is 0.488 e. The van der Waals surface area contributed by atoms with Gasteiger partial charge in [-0.25, -0.2) is 0 Å². The van der Waals surface area contributed by atoms with Gasteiger partial charge in [-0.15, -0.1) is 0 Å². The Morgan fingerprint density at radius 1 is 1.29 bits per heavy atom. The molecule has 0 spiro atoms. The lowest BCUT2D eigenvalue weighted by molar-refractivity contribution is -0.110. The fourth-order valence-electron chi connectivity index (χ4n) is 2.58. The number of carbonyl (C=O) groups is 1. The number of hydrogen-bond acceptors (Lipinski definition) is 4. The van der Waals surface area contributed by atoms with Gasteiger partial charge in [-0.1, -0.05) is 31.2 Å². The van der Waals surface area contributed by atoms with Gasteiger partial charge in [-0.2, -0.15) is 0 Å². The van der Waals surface area contributed by atoms with Crippen LogP contribution in [0.1, 0.15) is 44.6 Å². The molecule has 6 heteroatoms. The number of carbonyl (C=O) groups excluding carboxylic acids is 1. The monoisotopic (exact) mass is 292 g/mol. The molecule has 3 unspecified atom stereocenters. The van der Waals surface area contributed by atoms with Gasteiger partial charge < -0.3 is 21.1 Å². The fraction of sp³-hybridized carbons (Fsp3) is 0.533. The van der Waals surface area contributed by atoms with Crippen molar-refractivity contribution < 1.29 is 14.8 Å². The molecule has 1 amide bonds. The first-order chi connectivity index (χ1) is 9.97. The van der Waals surface area contributed by atoms with Crippen LogP contribution in [0.3, 0.4) is 0 Å². The summed E-state index contributed by atoms with van der Waals surface area (Å²) in [4.78, 5) is 10.4. The fourth-order valence-corrected chi connectivity index (χ4v) is 2.58. The summed E-state index contributed by atoms with van der Waals surface area (Å²) in [6, 6.07) is 7.38. The molecule has 0 saturated carbocycles. The van der Waals surface area contributed by atoms with Gasteiger partial charge in [0.05, 0.1) is 0 Å². The number of amides is 1. The van der Waals surface area contributed by atoms with E-state index in [0.717, 1.165) is 24.8 Å². The van der Waals surface area contributed by atoms with E-state index in [1.807, 2.05) is 19.1 Å². The molecule has 0 aliphatic rings. The minimum Gasteiger partial charge on any atom is -0.423 e. The lowest BCUT2D eigenvalue weighted by Crippen LogP contribution is -2.34. The van der Waals surface area contributed by atoms with Gasteiger partial charge >= 0.3 is 7.12 Å². The maximum absolute atomic E-state index is 10.4. The van der Waals surface area contributed by atoms with E-state index in [0.29, 0.717) is 17.8 Å². The number of rotatable bonds is 9. The van der Waals surface area contributed by atoms with Crippen LogP contribution in [-0.2, 0) is 4.79 Å². The predicted molar refractivity (Wildman–Crippen MR) is 85.2 cm³/mol. The summed E-state index contributed by atoms with van der Waals surface area (Å²) in [6.07, 6.45) is 3.24. The van der Waals surface area contributed by atoms with Crippen molar-refractivity contribution in [3.05, 3.63) is 29.8 Å². The Kier molecular flexibility index (Phi) is 7.43. The average molecular weight is 292 g/mol. The molecule has 0 aromatic heterocycles. The normalized spacial score (nSPS) is 15.1. The van der Waals surface area contributed by atoms with E-state index >= 15 is 0 Å². The Balaban J connectivity index is 2.63. The molecule has 0 aliphatic carbocycles. The molecular formula is C15H25BN2O3. The molecule has 1 aromatic carbocycles. The lowest BCUT2D eigenvalue weighted by atomic mass is 9.78. The van der Waals surface area contributed by atoms with Crippen LogP contribution in [0.2, 0.25) is 0 Å². The molecule has 5 N–H and O–H groups in total. The van der Waals surface area contributed by atoms with Crippen LogP contribution in [-0.4, -0.2) is 35.7 Å². The Labute approximate surface area is 126 Å². The number of nitrogens with one attached hydrogen (secondary N) is 1. The zero-order valence-electron chi connectivity index (χ0n) is 12.7. The molecule has 0 aliphatic heterocycles. The first-order valence-corrected chi connectivity index (χ1v) is 7.39. The van der Waals surface area contributed by atoms with Crippen LogP contribution < -0.4 is 16.5 Å². The zero-order valence-corrected chi connectivity index (χ0v) is 12.7. The topological polar surface area (TPSA) is 95.6 Å². The minimum atomic E-state index is -1.43. The Morgan fingerprint density at radius 3 is 2.38 bits per heavy atom. The summed E-state index contributed by atoms with van der Waals surface area (Å²) in [7, 11) is -1.43. The lowest BCUT2D eigenvalue weighted by Gasteiger charge is -2.22. The molecule has 5 nitrogen and oxygen atoms in total. The van der Waals surface area contributed by atoms with Gasteiger partial charge in [-0.3, -0.25) is 4.79 Å². The van der Waals surface area contributed by atoms with Crippen molar-refractivity contribution in [2.24, 2.45) is 5.73 Å². The minimum absolute atomic E-state index is 0.0144. The second-order valence-electron chi connectivity index (χ2n) is 5.56. The third kappa shape index (κ3) is 5.87. The first kappa shape index (κ1) is 17.7. The highest BCUT2D eigenvalue weighted by Crippen LogP contribution is 2.24. The summed E-state index contributed by atoms with van der Waals surface area (Å²) in [5.74, 6) is 0.327. The first-order valence-electron chi connectivity index (χ1n) is 7.39. The van der Waals surface area contributed by atoms with E-state index in [1.165, 1.54) is 0 Å². The van der Waals surface area contributed by atoms with E-state index in [-0.39, 0.29) is 12.1 Å². The highest BCUT2D eigenvalue weighted by Gasteiger charge is 2.17. The molecular weight excluding hydrogens is 267 g/mol. The molecule has 0 bridgehead atoms. The van der Waals surface area contributed by atoms with Gasteiger partial charge in [0.25, 0.3) is 0 Å². The smallest absolute Gasteiger partial charge is 0.423 e. The van der Waals surface area contributed by atoms with E-state index in [9.17, 15) is 4.79 Å². The van der Waals surface area contributed by atoms with E-state index in [2.05, 4.69) is 12.2 Å². The van der Waals surface area contributed by atoms with Crippen LogP contribution in [0.15, 0.2) is 24.3 Å². The average Bonchev–Trinajstić information content (AvgIpc) is 2.45. The highest BCUT2D eigenvalue weighted by atomic mass is 16.4. The third-order valence-electron chi connectivity index (χ3n) is 3.79. The van der Waals surface area contributed by atoms with Crippen molar-refractivity contribution in [1.82, 2.24) is 5.32 Å². The summed E-state index contributed by atoms with van der Waals surface area (Å²) in [5.41, 5.74) is 7.80. The SMILES string of the molecule is CCC(CC(N)CC(C)NC=O)c1ccc(B(O)O)cc1. The quantitative estimate of drug-likeness (QED) is 0.383. The van der Waals surface area contributed by atoms with Crippen LogP contribution in [0.4, 0.5) is 0 Å². The molecule has 1 aromatic rings. The molecule has 1 rings (SSSR count). The van der Waals surface area contributed by atoms with Crippen molar-refractivity contribution in [2.75, 3.05) is 0 Å². The van der Waals surface area contributed by atoms with Crippen molar-refractivity contribution in [3.63, 3.8) is 0 Å². The maximum atomic E-state index is 10.4. The Hall–Kier alpha value is -1.37. The van der Waals surface area contributed by atoms with Crippen molar-refractivity contribution >= 4 is 19.0 Å². The second-order valence-corrected chi connectivity index (χ2v) is 5.56. The third-order valence-corrected chi connectivity index (χ3v) is 3.79. The Morgan fingerprint density at radius 2 is 1.90 bits per heavy atom. The van der Waals surface area contributed by atoms with Crippen LogP contribution >= 0.6 is 0 Å². The van der Waals surface area contributed by atoms with Crippen LogP contribution in [0, 0.1) is 0 Å². The van der Waals surface area contributed by atoms with Crippen LogP contribution in [0.5, 0.6) is 0 Å².